The lowest BCUT2D eigenvalue weighted by Gasteiger charge is -2.30. The lowest BCUT2D eigenvalue weighted by Crippen LogP contribution is -2.17. The number of hydrogen-bond donors (Lipinski definition) is 0. The molecule has 0 saturated heterocycles. The first-order valence-corrected chi connectivity index (χ1v) is 22.0. The molecule has 3 nitrogen and oxygen atoms in total. The Labute approximate surface area is 366 Å². The van der Waals surface area contributed by atoms with E-state index in [9.17, 15) is 0 Å². The largest absolute Gasteiger partial charge is 0.456 e. The first kappa shape index (κ1) is 36.1. The molecular weight excluding hydrogens is 767 g/mol. The van der Waals surface area contributed by atoms with Crippen LogP contribution in [0.5, 0.6) is 0 Å². The zero-order chi connectivity index (χ0) is 42.2. The molecule has 0 atom stereocenters. The van der Waals surface area contributed by atoms with Gasteiger partial charge in [-0.25, -0.2) is 0 Å². The van der Waals surface area contributed by atoms with Crippen molar-refractivity contribution in [1.29, 1.82) is 0 Å². The minimum atomic E-state index is -0.175. The molecular formula is C60H43NO2. The number of nitrogens with zero attached hydrogens (tertiary/aromatic N) is 1. The lowest BCUT2D eigenvalue weighted by molar-refractivity contribution is 0.660. The van der Waals surface area contributed by atoms with E-state index in [0.717, 1.165) is 83.2 Å². The molecule has 300 valence electrons. The van der Waals surface area contributed by atoms with E-state index in [1.807, 2.05) is 6.07 Å². The maximum Gasteiger partial charge on any atom is 0.143 e. The second-order valence-electron chi connectivity index (χ2n) is 18.4. The molecule has 0 spiro atoms. The van der Waals surface area contributed by atoms with Gasteiger partial charge in [-0.05, 0) is 110 Å². The van der Waals surface area contributed by atoms with Crippen molar-refractivity contribution in [2.75, 3.05) is 4.90 Å². The summed E-state index contributed by atoms with van der Waals surface area (Å²) in [5.41, 5.74) is 21.4. The number of benzene rings is 9. The van der Waals surface area contributed by atoms with Gasteiger partial charge in [0.15, 0.2) is 0 Å². The standard InChI is InChI=1S/C60H43NO2/c1-59(2)48-22-12-8-19-41(48)43-28-26-37(32-50(43)59)46-33-39(34-47-57-55(63-58(46)47)31-30-54-56(57)45-21-11-15-25-53(45)62-54)61(52-24-14-10-18-40(52)36-16-6-5-7-17-36)38-27-29-44-42-20-9-13-23-49(42)60(3,4)51(44)35-38/h5-35H,1-4H3. The van der Waals surface area contributed by atoms with Crippen LogP contribution in [-0.2, 0) is 10.8 Å². The Hall–Kier alpha value is -7.62. The SMILES string of the molecule is CC1(C)c2ccccc2-c2ccc(-c3cc(N(c4ccc5c(c4)C(C)(C)c4ccccc4-5)c4ccccc4-c4ccccc4)cc4c3oc3ccc5oc6ccccc6c5c34)cc21. The molecule has 11 aromatic rings. The summed E-state index contributed by atoms with van der Waals surface area (Å²) in [6.07, 6.45) is 0. The van der Waals surface area contributed by atoms with Crippen molar-refractivity contribution in [2.45, 2.75) is 38.5 Å². The van der Waals surface area contributed by atoms with Gasteiger partial charge >= 0.3 is 0 Å². The molecule has 13 rings (SSSR count). The predicted octanol–water partition coefficient (Wildman–Crippen LogP) is 16.9. The normalized spacial score (nSPS) is 14.3. The van der Waals surface area contributed by atoms with Gasteiger partial charge in [0.25, 0.3) is 0 Å². The quantitative estimate of drug-likeness (QED) is 0.173. The highest BCUT2D eigenvalue weighted by atomic mass is 16.3. The van der Waals surface area contributed by atoms with Crippen molar-refractivity contribution in [1.82, 2.24) is 0 Å². The number of hydrogen-bond acceptors (Lipinski definition) is 3. The Kier molecular flexibility index (Phi) is 7.42. The molecule has 2 aliphatic rings. The van der Waals surface area contributed by atoms with Gasteiger partial charge in [-0.2, -0.15) is 0 Å². The van der Waals surface area contributed by atoms with Gasteiger partial charge in [0.2, 0.25) is 0 Å². The van der Waals surface area contributed by atoms with Gasteiger partial charge < -0.3 is 13.7 Å². The van der Waals surface area contributed by atoms with E-state index in [1.54, 1.807) is 0 Å². The van der Waals surface area contributed by atoms with Gasteiger partial charge in [-0.3, -0.25) is 0 Å². The lowest BCUT2D eigenvalue weighted by atomic mass is 9.81. The third kappa shape index (κ3) is 5.08. The molecule has 0 aliphatic heterocycles. The first-order valence-electron chi connectivity index (χ1n) is 22.0. The Balaban J connectivity index is 1.14. The third-order valence-corrected chi connectivity index (χ3v) is 14.3. The molecule has 63 heavy (non-hydrogen) atoms. The minimum absolute atomic E-state index is 0.163. The van der Waals surface area contributed by atoms with Crippen LogP contribution in [-0.4, -0.2) is 0 Å². The van der Waals surface area contributed by atoms with Crippen LogP contribution in [0.4, 0.5) is 17.1 Å². The Bertz CT molecular complexity index is 3690. The van der Waals surface area contributed by atoms with Crippen molar-refractivity contribution >= 4 is 60.9 Å². The number of fused-ring (bicyclic) bond motifs is 13. The van der Waals surface area contributed by atoms with Gasteiger partial charge in [-0.1, -0.05) is 161 Å². The van der Waals surface area contributed by atoms with E-state index < -0.39 is 0 Å². The van der Waals surface area contributed by atoms with E-state index in [2.05, 4.69) is 215 Å². The molecule has 9 aromatic carbocycles. The van der Waals surface area contributed by atoms with Crippen LogP contribution >= 0.6 is 0 Å². The second kappa shape index (κ2) is 13.0. The summed E-state index contributed by atoms with van der Waals surface area (Å²) in [5, 5.41) is 4.26. The Morgan fingerprint density at radius 3 is 1.67 bits per heavy atom. The number of para-hydroxylation sites is 2. The van der Waals surface area contributed by atoms with Crippen LogP contribution in [0.25, 0.3) is 88.4 Å². The predicted molar refractivity (Wildman–Crippen MR) is 262 cm³/mol. The second-order valence-corrected chi connectivity index (χ2v) is 18.4. The van der Waals surface area contributed by atoms with Crippen LogP contribution in [0.3, 0.4) is 0 Å². The van der Waals surface area contributed by atoms with Crippen LogP contribution in [0.15, 0.2) is 197 Å². The van der Waals surface area contributed by atoms with Crippen LogP contribution in [0.2, 0.25) is 0 Å². The average Bonchev–Trinajstić information content (AvgIpc) is 4.02. The summed E-state index contributed by atoms with van der Waals surface area (Å²) in [6.45, 7) is 9.43. The van der Waals surface area contributed by atoms with Gasteiger partial charge in [0, 0.05) is 54.9 Å². The highest BCUT2D eigenvalue weighted by Crippen LogP contribution is 2.54. The maximum absolute atomic E-state index is 7.10. The average molecular weight is 810 g/mol. The zero-order valence-corrected chi connectivity index (χ0v) is 35.7. The zero-order valence-electron chi connectivity index (χ0n) is 35.7. The van der Waals surface area contributed by atoms with Gasteiger partial charge in [-0.15, -0.1) is 0 Å². The van der Waals surface area contributed by atoms with Crippen molar-refractivity contribution < 1.29 is 8.83 Å². The Morgan fingerprint density at radius 2 is 0.921 bits per heavy atom. The molecule has 3 heteroatoms. The summed E-state index contributed by atoms with van der Waals surface area (Å²) in [6, 6.07) is 68.7. The van der Waals surface area contributed by atoms with E-state index in [0.29, 0.717) is 0 Å². The summed E-state index contributed by atoms with van der Waals surface area (Å²) in [4.78, 5) is 2.48. The van der Waals surface area contributed by atoms with E-state index in [4.69, 9.17) is 8.83 Å². The number of furan rings is 2. The molecule has 0 N–H and O–H groups in total. The summed E-state index contributed by atoms with van der Waals surface area (Å²) >= 11 is 0. The Morgan fingerprint density at radius 1 is 0.349 bits per heavy atom. The molecule has 2 heterocycles. The summed E-state index contributed by atoms with van der Waals surface area (Å²) in [5.74, 6) is 0. The first-order chi connectivity index (χ1) is 30.8. The van der Waals surface area contributed by atoms with Crippen molar-refractivity contribution in [3.8, 4) is 44.5 Å². The summed E-state index contributed by atoms with van der Waals surface area (Å²) < 4.78 is 13.6. The van der Waals surface area contributed by atoms with Crippen molar-refractivity contribution in [3.05, 3.63) is 210 Å². The fourth-order valence-corrected chi connectivity index (χ4v) is 11.2. The van der Waals surface area contributed by atoms with Crippen LogP contribution in [0, 0.1) is 0 Å². The molecule has 0 amide bonds. The molecule has 2 aromatic heterocycles. The minimum Gasteiger partial charge on any atom is -0.456 e. The van der Waals surface area contributed by atoms with E-state index >= 15 is 0 Å². The summed E-state index contributed by atoms with van der Waals surface area (Å²) in [7, 11) is 0. The van der Waals surface area contributed by atoms with Crippen LogP contribution in [0.1, 0.15) is 49.9 Å². The van der Waals surface area contributed by atoms with E-state index in [1.165, 1.54) is 44.5 Å². The fraction of sp³-hybridized carbons (Fsp3) is 0.100. The third-order valence-electron chi connectivity index (χ3n) is 14.3. The van der Waals surface area contributed by atoms with Crippen molar-refractivity contribution in [2.24, 2.45) is 0 Å². The fourth-order valence-electron chi connectivity index (χ4n) is 11.2. The molecule has 0 bridgehead atoms. The number of anilines is 3. The van der Waals surface area contributed by atoms with E-state index in [-0.39, 0.29) is 10.8 Å². The molecule has 0 radical (unpaired) electrons. The topological polar surface area (TPSA) is 29.5 Å². The highest BCUT2D eigenvalue weighted by molar-refractivity contribution is 6.27. The maximum atomic E-state index is 7.10. The monoisotopic (exact) mass is 809 g/mol. The highest BCUT2D eigenvalue weighted by Gasteiger charge is 2.37. The smallest absolute Gasteiger partial charge is 0.143 e. The molecule has 0 fully saturated rings. The number of rotatable bonds is 5. The molecule has 2 aliphatic carbocycles. The van der Waals surface area contributed by atoms with Crippen molar-refractivity contribution in [3.63, 3.8) is 0 Å². The molecule has 0 unspecified atom stereocenters. The van der Waals surface area contributed by atoms with Gasteiger partial charge in [0.05, 0.1) is 5.69 Å². The van der Waals surface area contributed by atoms with Crippen LogP contribution < -0.4 is 4.90 Å². The molecule has 0 saturated carbocycles. The van der Waals surface area contributed by atoms with Gasteiger partial charge in [0.1, 0.15) is 22.3 Å².